The summed E-state index contributed by atoms with van der Waals surface area (Å²) in [5.41, 5.74) is 0.993. The van der Waals surface area contributed by atoms with Gasteiger partial charge in [-0.3, -0.25) is 9.59 Å². The summed E-state index contributed by atoms with van der Waals surface area (Å²) in [5, 5.41) is 12.3. The van der Waals surface area contributed by atoms with Gasteiger partial charge in [-0.25, -0.2) is 9.78 Å². The Kier molecular flexibility index (Phi) is 7.46. The summed E-state index contributed by atoms with van der Waals surface area (Å²) < 4.78 is 11.3. The van der Waals surface area contributed by atoms with Crippen LogP contribution >= 0.6 is 11.3 Å². The number of carbonyl (C=O) groups is 3. The Morgan fingerprint density at radius 2 is 1.97 bits per heavy atom. The topological polar surface area (TPSA) is 125 Å². The largest absolute Gasteiger partial charge is 0.496 e. The van der Waals surface area contributed by atoms with Crippen LogP contribution < -0.4 is 15.0 Å². The van der Waals surface area contributed by atoms with Gasteiger partial charge in [0.15, 0.2) is 5.78 Å². The second-order valence-corrected chi connectivity index (χ2v) is 10.9. The molecule has 0 bridgehead atoms. The average molecular weight is 553 g/mol. The fourth-order valence-corrected chi connectivity index (χ4v) is 6.72. The molecule has 1 saturated heterocycles. The van der Waals surface area contributed by atoms with Gasteiger partial charge in [0.05, 0.1) is 30.4 Å². The predicted octanol–water partition coefficient (Wildman–Crippen LogP) is 3.58. The lowest BCUT2D eigenvalue weighted by Gasteiger charge is -2.44. The van der Waals surface area contributed by atoms with Crippen LogP contribution in [0.3, 0.4) is 0 Å². The molecule has 4 heterocycles. The van der Waals surface area contributed by atoms with Gasteiger partial charge in [0.25, 0.3) is 0 Å². The zero-order chi connectivity index (χ0) is 27.7. The summed E-state index contributed by atoms with van der Waals surface area (Å²) in [5.74, 6) is 1.40. The number of likely N-dealkylation sites (tertiary alicyclic amines) is 1. The Hall–Kier alpha value is -3.70. The molecule has 3 amide bonds. The minimum atomic E-state index is -1.25. The number of hydrogen-bond donors (Lipinski definition) is 2. The number of aromatic nitrogens is 1. The van der Waals surface area contributed by atoms with Crippen molar-refractivity contribution in [2.45, 2.75) is 33.1 Å². The molecule has 2 aliphatic heterocycles. The number of Topliss-reactive ketones (excluding diaryl/α,β-unsaturated/α-hetero) is 1. The standard InChI is InChI=1S/C28H32N4O6S/c1-17-16-30-24(38-17)22-18(2)21-23(34)28(9-13-31(14-10-28)27(36)29-11-15-33)26(35)32(25(21)39-22)12-8-19-6-4-5-7-20(19)37-3/h4-7,16,33H,8-15H2,1-3H3,(H,29,36). The monoisotopic (exact) mass is 552 g/mol. The number of methoxy groups -OCH3 is 1. The van der Waals surface area contributed by atoms with Crippen molar-refractivity contribution in [3.05, 3.63) is 52.9 Å². The van der Waals surface area contributed by atoms with Crippen LogP contribution in [0, 0.1) is 19.3 Å². The Labute approximate surface area is 230 Å². The first-order chi connectivity index (χ1) is 18.8. The number of aliphatic hydroxyl groups is 1. The molecule has 2 aliphatic rings. The SMILES string of the molecule is COc1ccccc1CCN1C(=O)C2(CCN(C(=O)NCCO)CC2)C(=O)c2c1sc(-c1ncc(C)o1)c2C. The second kappa shape index (κ2) is 10.8. The van der Waals surface area contributed by atoms with Gasteiger partial charge >= 0.3 is 6.03 Å². The molecule has 3 aromatic rings. The summed E-state index contributed by atoms with van der Waals surface area (Å²) >= 11 is 1.35. The lowest BCUT2D eigenvalue weighted by molar-refractivity contribution is -0.128. The summed E-state index contributed by atoms with van der Waals surface area (Å²) in [6.45, 7) is 4.57. The van der Waals surface area contributed by atoms with Crippen molar-refractivity contribution in [3.63, 3.8) is 0 Å². The molecular formula is C28H32N4O6S. The minimum absolute atomic E-state index is 0.148. The summed E-state index contributed by atoms with van der Waals surface area (Å²) in [4.78, 5) is 49.4. The van der Waals surface area contributed by atoms with Crippen molar-refractivity contribution < 1.29 is 28.6 Å². The van der Waals surface area contributed by atoms with E-state index in [-0.39, 0.29) is 56.8 Å². The summed E-state index contributed by atoms with van der Waals surface area (Å²) in [6, 6.07) is 7.38. The van der Waals surface area contributed by atoms with Crippen molar-refractivity contribution in [2.75, 3.05) is 44.8 Å². The third-order valence-electron chi connectivity index (χ3n) is 7.59. The van der Waals surface area contributed by atoms with Gasteiger partial charge in [0.2, 0.25) is 11.8 Å². The molecule has 206 valence electrons. The number of benzene rings is 1. The molecule has 1 fully saturated rings. The van der Waals surface area contributed by atoms with E-state index in [9.17, 15) is 14.4 Å². The maximum atomic E-state index is 14.3. The van der Waals surface area contributed by atoms with E-state index in [1.807, 2.05) is 38.1 Å². The van der Waals surface area contributed by atoms with Crippen LogP contribution in [0.15, 0.2) is 34.9 Å². The second-order valence-electron chi connectivity index (χ2n) is 9.88. The molecule has 0 saturated carbocycles. The zero-order valence-corrected chi connectivity index (χ0v) is 23.1. The molecule has 2 N–H and O–H groups in total. The molecular weight excluding hydrogens is 520 g/mol. The van der Waals surface area contributed by atoms with Crippen LogP contribution in [0.2, 0.25) is 0 Å². The van der Waals surface area contributed by atoms with Crippen molar-refractivity contribution in [3.8, 4) is 16.5 Å². The van der Waals surface area contributed by atoms with E-state index in [1.165, 1.54) is 11.3 Å². The van der Waals surface area contributed by atoms with E-state index in [0.717, 1.165) is 21.8 Å². The van der Waals surface area contributed by atoms with Gasteiger partial charge < -0.3 is 29.4 Å². The van der Waals surface area contributed by atoms with Crippen molar-refractivity contribution >= 4 is 34.1 Å². The number of nitrogens with one attached hydrogen (secondary N) is 1. The molecule has 1 spiro atoms. The number of rotatable bonds is 7. The molecule has 39 heavy (non-hydrogen) atoms. The van der Waals surface area contributed by atoms with Crippen molar-refractivity contribution in [2.24, 2.45) is 5.41 Å². The number of oxazole rings is 1. The third-order valence-corrected chi connectivity index (χ3v) is 8.90. The number of piperidine rings is 1. The molecule has 0 aliphatic carbocycles. The van der Waals surface area contributed by atoms with E-state index in [4.69, 9.17) is 14.3 Å². The van der Waals surface area contributed by atoms with Crippen molar-refractivity contribution in [1.82, 2.24) is 15.2 Å². The maximum Gasteiger partial charge on any atom is 0.317 e. The first kappa shape index (κ1) is 26.9. The lowest BCUT2D eigenvalue weighted by atomic mass is 9.69. The van der Waals surface area contributed by atoms with Gasteiger partial charge in [0.1, 0.15) is 21.9 Å². The zero-order valence-electron chi connectivity index (χ0n) is 22.3. The van der Waals surface area contributed by atoms with Gasteiger partial charge in [-0.2, -0.15) is 0 Å². The van der Waals surface area contributed by atoms with E-state index in [0.29, 0.717) is 35.2 Å². The fraction of sp³-hybridized carbons (Fsp3) is 0.429. The number of hydrogen-bond acceptors (Lipinski definition) is 8. The first-order valence-electron chi connectivity index (χ1n) is 13.0. The van der Waals surface area contributed by atoms with Crippen LogP contribution in [0.4, 0.5) is 9.80 Å². The molecule has 0 unspecified atom stereocenters. The average Bonchev–Trinajstić information content (AvgIpc) is 3.53. The minimum Gasteiger partial charge on any atom is -0.496 e. The van der Waals surface area contributed by atoms with E-state index >= 15 is 0 Å². The number of carbonyl (C=O) groups excluding carboxylic acids is 3. The fourth-order valence-electron chi connectivity index (χ4n) is 5.46. The third kappa shape index (κ3) is 4.70. The highest BCUT2D eigenvalue weighted by Crippen LogP contribution is 2.51. The molecule has 5 rings (SSSR count). The van der Waals surface area contributed by atoms with Gasteiger partial charge in [-0.05, 0) is 50.3 Å². The molecule has 0 radical (unpaired) electrons. The van der Waals surface area contributed by atoms with Gasteiger partial charge in [0, 0.05) is 26.2 Å². The van der Waals surface area contributed by atoms with E-state index in [2.05, 4.69) is 10.3 Å². The van der Waals surface area contributed by atoms with Crippen LogP contribution in [-0.4, -0.2) is 72.6 Å². The number of fused-ring (bicyclic) bond motifs is 1. The number of para-hydroxylation sites is 1. The molecule has 11 heteroatoms. The number of nitrogens with zero attached hydrogens (tertiary/aromatic N) is 3. The first-order valence-corrected chi connectivity index (χ1v) is 13.8. The van der Waals surface area contributed by atoms with Crippen LogP contribution in [0.1, 0.15) is 40.1 Å². The number of ketones is 1. The maximum absolute atomic E-state index is 14.3. The van der Waals surface area contributed by atoms with Crippen LogP contribution in [-0.2, 0) is 11.2 Å². The number of urea groups is 1. The predicted molar refractivity (Wildman–Crippen MR) is 146 cm³/mol. The molecule has 2 aromatic heterocycles. The number of amides is 3. The Morgan fingerprint density at radius 3 is 2.64 bits per heavy atom. The number of anilines is 1. The highest BCUT2D eigenvalue weighted by Gasteiger charge is 2.55. The Balaban J connectivity index is 1.51. The summed E-state index contributed by atoms with van der Waals surface area (Å²) in [6.07, 6.45) is 2.63. The van der Waals surface area contributed by atoms with Gasteiger partial charge in [-0.1, -0.05) is 18.2 Å². The van der Waals surface area contributed by atoms with Crippen LogP contribution in [0.25, 0.3) is 10.8 Å². The smallest absolute Gasteiger partial charge is 0.317 e. The number of ether oxygens (including phenoxy) is 1. The number of thiophene rings is 1. The number of aliphatic hydroxyl groups excluding tert-OH is 1. The molecule has 0 atom stereocenters. The van der Waals surface area contributed by atoms with Gasteiger partial charge in [-0.15, -0.1) is 11.3 Å². The molecule has 10 nitrogen and oxygen atoms in total. The normalized spacial score (nSPS) is 16.5. The van der Waals surface area contributed by atoms with E-state index in [1.54, 1.807) is 23.1 Å². The quantitative estimate of drug-likeness (QED) is 0.429. The van der Waals surface area contributed by atoms with Crippen LogP contribution in [0.5, 0.6) is 5.75 Å². The Morgan fingerprint density at radius 1 is 1.23 bits per heavy atom. The lowest BCUT2D eigenvalue weighted by Crippen LogP contribution is -2.59. The van der Waals surface area contributed by atoms with E-state index < -0.39 is 5.41 Å². The summed E-state index contributed by atoms with van der Waals surface area (Å²) in [7, 11) is 1.62. The highest BCUT2D eigenvalue weighted by atomic mass is 32.1. The Bertz CT molecular complexity index is 1400. The highest BCUT2D eigenvalue weighted by molar-refractivity contribution is 7.20. The molecule has 1 aromatic carbocycles. The number of aryl methyl sites for hydroxylation is 1. The van der Waals surface area contributed by atoms with Crippen molar-refractivity contribution in [1.29, 1.82) is 0 Å².